The second-order valence-electron chi connectivity index (χ2n) is 8.12. The van der Waals surface area contributed by atoms with Crippen LogP contribution < -0.4 is 10.9 Å². The van der Waals surface area contributed by atoms with E-state index in [4.69, 9.17) is 0 Å². The molecule has 5 rings (SSSR count). The van der Waals surface area contributed by atoms with Crippen molar-refractivity contribution in [3.05, 3.63) is 80.2 Å². The number of aryl methyl sites for hydroxylation is 2. The lowest BCUT2D eigenvalue weighted by molar-refractivity contribution is -0.115. The summed E-state index contributed by atoms with van der Waals surface area (Å²) in [5.41, 5.74) is 6.77. The molecule has 5 nitrogen and oxygen atoms in total. The maximum absolute atomic E-state index is 12.8. The molecule has 0 bridgehead atoms. The number of thioether (sulfide) groups is 1. The summed E-state index contributed by atoms with van der Waals surface area (Å²) in [5.74, 6) is 1.01. The predicted octanol–water partition coefficient (Wildman–Crippen LogP) is 5.43. The van der Waals surface area contributed by atoms with Crippen LogP contribution in [-0.2, 0) is 17.0 Å². The highest BCUT2D eigenvalue weighted by Gasteiger charge is 2.20. The zero-order valence-corrected chi connectivity index (χ0v) is 19.7. The van der Waals surface area contributed by atoms with Crippen LogP contribution in [0.15, 0.2) is 47.3 Å². The number of aromatic nitrogens is 2. The van der Waals surface area contributed by atoms with Gasteiger partial charge in [0.25, 0.3) is 5.56 Å². The summed E-state index contributed by atoms with van der Waals surface area (Å²) in [6, 6.07) is 14.5. The zero-order valence-electron chi connectivity index (χ0n) is 18.1. The molecule has 0 spiro atoms. The first-order chi connectivity index (χ1) is 15.4. The zero-order chi connectivity index (χ0) is 22.4. The SMILES string of the molecule is Cc1sc2nc(CSC(C)C(=O)Nc3ccc4c(c3)Cc3ccccc3-4)[nH]c(=O)c2c1C. The van der Waals surface area contributed by atoms with Crippen LogP contribution in [0.3, 0.4) is 0 Å². The van der Waals surface area contributed by atoms with Gasteiger partial charge in [0.15, 0.2) is 0 Å². The van der Waals surface area contributed by atoms with Crippen molar-refractivity contribution in [2.24, 2.45) is 0 Å². The molecule has 4 aromatic rings. The first-order valence-corrected chi connectivity index (χ1v) is 12.4. The number of thiophene rings is 1. The van der Waals surface area contributed by atoms with Gasteiger partial charge in [-0.1, -0.05) is 30.3 Å². The average molecular weight is 462 g/mol. The Balaban J connectivity index is 1.25. The number of hydrogen-bond donors (Lipinski definition) is 2. The lowest BCUT2D eigenvalue weighted by Gasteiger charge is -2.13. The van der Waals surface area contributed by atoms with E-state index in [1.54, 1.807) is 0 Å². The first-order valence-electron chi connectivity index (χ1n) is 10.5. The van der Waals surface area contributed by atoms with E-state index in [1.807, 2.05) is 26.8 Å². The van der Waals surface area contributed by atoms with Crippen LogP contribution in [0.1, 0.15) is 34.3 Å². The van der Waals surface area contributed by atoms with Crippen molar-refractivity contribution in [3.8, 4) is 11.1 Å². The lowest BCUT2D eigenvalue weighted by atomic mass is 10.1. The van der Waals surface area contributed by atoms with Gasteiger partial charge < -0.3 is 10.3 Å². The third-order valence-electron chi connectivity index (χ3n) is 5.99. The van der Waals surface area contributed by atoms with Crippen LogP contribution in [-0.4, -0.2) is 21.1 Å². The number of carbonyl (C=O) groups excluding carboxylic acids is 1. The molecule has 32 heavy (non-hydrogen) atoms. The Kier molecular flexibility index (Phi) is 5.39. The fraction of sp³-hybridized carbons (Fsp3) is 0.240. The molecule has 0 radical (unpaired) electrons. The number of nitrogens with zero attached hydrogens (tertiary/aromatic N) is 1. The molecule has 0 aliphatic heterocycles. The number of rotatable bonds is 5. The molecule has 1 aliphatic carbocycles. The van der Waals surface area contributed by atoms with Gasteiger partial charge in [-0.15, -0.1) is 23.1 Å². The molecule has 162 valence electrons. The Hall–Kier alpha value is -2.90. The summed E-state index contributed by atoms with van der Waals surface area (Å²) in [6.45, 7) is 5.82. The topological polar surface area (TPSA) is 74.8 Å². The number of hydrogen-bond acceptors (Lipinski definition) is 5. The van der Waals surface area contributed by atoms with Crippen LogP contribution in [0.25, 0.3) is 21.3 Å². The molecule has 7 heteroatoms. The van der Waals surface area contributed by atoms with Gasteiger partial charge in [0.2, 0.25) is 5.91 Å². The van der Waals surface area contributed by atoms with Crippen LogP contribution in [0.4, 0.5) is 5.69 Å². The number of amides is 1. The molecule has 0 saturated carbocycles. The third kappa shape index (κ3) is 3.76. The minimum absolute atomic E-state index is 0.0586. The molecule has 2 heterocycles. The first kappa shape index (κ1) is 21.0. The molecule has 1 atom stereocenters. The predicted molar refractivity (Wildman–Crippen MR) is 134 cm³/mol. The van der Waals surface area contributed by atoms with Crippen molar-refractivity contribution in [2.75, 3.05) is 5.32 Å². The largest absolute Gasteiger partial charge is 0.325 e. The lowest BCUT2D eigenvalue weighted by Crippen LogP contribution is -2.23. The molecule has 2 aromatic carbocycles. The van der Waals surface area contributed by atoms with E-state index in [1.165, 1.54) is 45.4 Å². The van der Waals surface area contributed by atoms with Gasteiger partial charge in [0.05, 0.1) is 16.4 Å². The number of fused-ring (bicyclic) bond motifs is 4. The summed E-state index contributed by atoms with van der Waals surface area (Å²) in [7, 11) is 0. The standard InChI is InChI=1S/C25H23N3O2S2/c1-13-14(2)32-25-22(13)24(30)27-21(28-25)12-31-15(3)23(29)26-18-8-9-20-17(11-18)10-16-6-4-5-7-19(16)20/h4-9,11,15H,10,12H2,1-3H3,(H,26,29)(H,27,28,30). The van der Waals surface area contributed by atoms with Gasteiger partial charge >= 0.3 is 0 Å². The molecule has 2 aromatic heterocycles. The Morgan fingerprint density at radius 3 is 2.81 bits per heavy atom. The molecule has 2 N–H and O–H groups in total. The second-order valence-corrected chi connectivity index (χ2v) is 10.7. The van der Waals surface area contributed by atoms with Crippen LogP contribution in [0.5, 0.6) is 0 Å². The minimum atomic E-state index is -0.284. The summed E-state index contributed by atoms with van der Waals surface area (Å²) in [5, 5.41) is 3.42. The van der Waals surface area contributed by atoms with Crippen molar-refractivity contribution in [2.45, 2.75) is 38.2 Å². The molecule has 0 saturated heterocycles. The smallest absolute Gasteiger partial charge is 0.259 e. The summed E-state index contributed by atoms with van der Waals surface area (Å²) in [6.07, 6.45) is 0.892. The van der Waals surface area contributed by atoms with Crippen molar-refractivity contribution in [3.63, 3.8) is 0 Å². The number of carbonyl (C=O) groups is 1. The third-order valence-corrected chi connectivity index (χ3v) is 8.24. The van der Waals surface area contributed by atoms with Gasteiger partial charge in [-0.25, -0.2) is 4.98 Å². The van der Waals surface area contributed by atoms with Gasteiger partial charge in [-0.05, 0) is 67.1 Å². The number of benzene rings is 2. The molecule has 0 fully saturated rings. The summed E-state index contributed by atoms with van der Waals surface area (Å²) >= 11 is 3.00. The number of aromatic amines is 1. The van der Waals surface area contributed by atoms with E-state index in [2.05, 4.69) is 51.7 Å². The van der Waals surface area contributed by atoms with Crippen LogP contribution >= 0.6 is 23.1 Å². The van der Waals surface area contributed by atoms with Crippen molar-refractivity contribution >= 4 is 44.9 Å². The quantitative estimate of drug-likeness (QED) is 0.366. The van der Waals surface area contributed by atoms with E-state index in [0.717, 1.165) is 27.4 Å². The van der Waals surface area contributed by atoms with Crippen LogP contribution in [0.2, 0.25) is 0 Å². The van der Waals surface area contributed by atoms with Gasteiger partial charge in [0, 0.05) is 10.6 Å². The fourth-order valence-corrected chi connectivity index (χ4v) is 5.92. The summed E-state index contributed by atoms with van der Waals surface area (Å²) in [4.78, 5) is 34.5. The fourth-order valence-electron chi connectivity index (χ4n) is 4.11. The van der Waals surface area contributed by atoms with Crippen molar-refractivity contribution in [1.29, 1.82) is 0 Å². The Bertz CT molecular complexity index is 1420. The van der Waals surface area contributed by atoms with E-state index in [0.29, 0.717) is 17.0 Å². The average Bonchev–Trinajstić information content (AvgIpc) is 3.28. The van der Waals surface area contributed by atoms with E-state index in [9.17, 15) is 9.59 Å². The van der Waals surface area contributed by atoms with E-state index < -0.39 is 0 Å². The number of H-pyrrole nitrogens is 1. The number of nitrogens with one attached hydrogen (secondary N) is 2. The maximum atomic E-state index is 12.8. The van der Waals surface area contributed by atoms with Crippen molar-refractivity contribution in [1.82, 2.24) is 9.97 Å². The molecule has 1 unspecified atom stereocenters. The second kappa shape index (κ2) is 8.22. The molecular formula is C25H23N3O2S2. The maximum Gasteiger partial charge on any atom is 0.259 e. The Labute approximate surface area is 194 Å². The van der Waals surface area contributed by atoms with Gasteiger partial charge in [0.1, 0.15) is 10.7 Å². The summed E-state index contributed by atoms with van der Waals surface area (Å²) < 4.78 is 0. The molecule has 1 amide bonds. The van der Waals surface area contributed by atoms with Crippen molar-refractivity contribution < 1.29 is 4.79 Å². The minimum Gasteiger partial charge on any atom is -0.325 e. The van der Waals surface area contributed by atoms with E-state index in [-0.39, 0.29) is 16.7 Å². The normalized spacial score (nSPS) is 13.1. The van der Waals surface area contributed by atoms with E-state index >= 15 is 0 Å². The van der Waals surface area contributed by atoms with Gasteiger partial charge in [-0.2, -0.15) is 0 Å². The highest BCUT2D eigenvalue weighted by molar-refractivity contribution is 7.99. The Morgan fingerprint density at radius 2 is 1.97 bits per heavy atom. The molecule has 1 aliphatic rings. The van der Waals surface area contributed by atoms with Gasteiger partial charge in [-0.3, -0.25) is 9.59 Å². The number of anilines is 1. The highest BCUT2D eigenvalue weighted by atomic mass is 32.2. The monoisotopic (exact) mass is 461 g/mol. The molecular weight excluding hydrogens is 438 g/mol. The Morgan fingerprint density at radius 1 is 1.19 bits per heavy atom. The highest BCUT2D eigenvalue weighted by Crippen LogP contribution is 2.37. The van der Waals surface area contributed by atoms with Crippen LogP contribution in [0, 0.1) is 13.8 Å².